The van der Waals surface area contributed by atoms with Crippen molar-refractivity contribution >= 4 is 21.6 Å². The molecule has 5 nitrogen and oxygen atoms in total. The predicted molar refractivity (Wildman–Crippen MR) is 78.4 cm³/mol. The van der Waals surface area contributed by atoms with Crippen LogP contribution in [0.25, 0.3) is 0 Å². The minimum absolute atomic E-state index is 0.271. The first-order valence-electron chi connectivity index (χ1n) is 5.74. The van der Waals surface area contributed by atoms with Crippen molar-refractivity contribution < 1.29 is 0 Å². The summed E-state index contributed by atoms with van der Waals surface area (Å²) in [7, 11) is 3.11. The molecule has 0 radical (unpaired) electrons. The third kappa shape index (κ3) is 2.96. The molecule has 0 spiro atoms. The van der Waals surface area contributed by atoms with Crippen LogP contribution in [0, 0.1) is 0 Å². The molecule has 1 aromatic heterocycles. The number of rotatable bonds is 3. The highest BCUT2D eigenvalue weighted by atomic mass is 79.9. The van der Waals surface area contributed by atoms with Crippen LogP contribution in [0.4, 0.5) is 5.69 Å². The fourth-order valence-electron chi connectivity index (χ4n) is 1.77. The zero-order valence-corrected chi connectivity index (χ0v) is 12.3. The summed E-state index contributed by atoms with van der Waals surface area (Å²) < 4.78 is 3.51. The maximum Gasteiger partial charge on any atom is 0.330 e. The normalized spacial score (nSPS) is 10.5. The van der Waals surface area contributed by atoms with Gasteiger partial charge in [0.25, 0.3) is 5.56 Å². The van der Waals surface area contributed by atoms with E-state index in [2.05, 4.69) is 21.2 Å². The average Bonchev–Trinajstić information content (AvgIpc) is 2.41. The van der Waals surface area contributed by atoms with E-state index in [1.807, 2.05) is 24.3 Å². The van der Waals surface area contributed by atoms with Crippen LogP contribution in [-0.4, -0.2) is 9.13 Å². The van der Waals surface area contributed by atoms with Gasteiger partial charge in [-0.3, -0.25) is 9.36 Å². The average molecular weight is 324 g/mol. The molecule has 0 saturated carbocycles. The Morgan fingerprint density at radius 3 is 2.42 bits per heavy atom. The van der Waals surface area contributed by atoms with Gasteiger partial charge in [-0.15, -0.1) is 0 Å². The van der Waals surface area contributed by atoms with Crippen LogP contribution < -0.4 is 16.6 Å². The Morgan fingerprint density at radius 1 is 1.16 bits per heavy atom. The van der Waals surface area contributed by atoms with Gasteiger partial charge in [0, 0.05) is 37.0 Å². The number of anilines is 1. The molecule has 19 heavy (non-hydrogen) atoms. The molecular formula is C13H14BrN3O2. The number of benzene rings is 1. The molecule has 0 unspecified atom stereocenters. The summed E-state index contributed by atoms with van der Waals surface area (Å²) in [5, 5.41) is 3.15. The van der Waals surface area contributed by atoms with Crippen molar-refractivity contribution in [1.82, 2.24) is 9.13 Å². The highest BCUT2D eigenvalue weighted by molar-refractivity contribution is 9.10. The Hall–Kier alpha value is -1.82. The number of hydrogen-bond donors (Lipinski definition) is 1. The molecular weight excluding hydrogens is 310 g/mol. The molecule has 0 bridgehead atoms. The quantitative estimate of drug-likeness (QED) is 0.930. The predicted octanol–water partition coefficient (Wildman–Crippen LogP) is 1.46. The van der Waals surface area contributed by atoms with Gasteiger partial charge >= 0.3 is 5.69 Å². The zero-order chi connectivity index (χ0) is 14.0. The van der Waals surface area contributed by atoms with Gasteiger partial charge in [0.05, 0.1) is 5.56 Å². The van der Waals surface area contributed by atoms with Crippen molar-refractivity contribution in [3.8, 4) is 0 Å². The number of nitrogens with zero attached hydrogens (tertiary/aromatic N) is 2. The first-order valence-corrected chi connectivity index (χ1v) is 6.53. The van der Waals surface area contributed by atoms with E-state index in [-0.39, 0.29) is 11.2 Å². The second-order valence-corrected chi connectivity index (χ2v) is 5.19. The first-order chi connectivity index (χ1) is 8.99. The minimum Gasteiger partial charge on any atom is -0.381 e. The van der Waals surface area contributed by atoms with Crippen LogP contribution in [0.1, 0.15) is 5.56 Å². The molecule has 1 aromatic carbocycles. The maximum absolute atomic E-state index is 11.9. The molecule has 0 atom stereocenters. The van der Waals surface area contributed by atoms with Crippen LogP contribution in [-0.2, 0) is 20.6 Å². The lowest BCUT2D eigenvalue weighted by Crippen LogP contribution is -2.38. The smallest absolute Gasteiger partial charge is 0.330 e. The lowest BCUT2D eigenvalue weighted by Gasteiger charge is -2.09. The third-order valence-electron chi connectivity index (χ3n) is 2.84. The maximum atomic E-state index is 11.9. The largest absolute Gasteiger partial charge is 0.381 e. The number of halogens is 1. The summed E-state index contributed by atoms with van der Waals surface area (Å²) in [6.45, 7) is 0.377. The molecule has 0 aliphatic rings. The SMILES string of the molecule is Cn1cc(CNc2ccc(Br)cc2)c(=O)n(C)c1=O. The lowest BCUT2D eigenvalue weighted by atomic mass is 10.3. The van der Waals surface area contributed by atoms with E-state index in [0.717, 1.165) is 14.7 Å². The van der Waals surface area contributed by atoms with Crippen molar-refractivity contribution in [2.75, 3.05) is 5.32 Å². The molecule has 6 heteroatoms. The summed E-state index contributed by atoms with van der Waals surface area (Å²) in [6, 6.07) is 7.66. The van der Waals surface area contributed by atoms with Gasteiger partial charge < -0.3 is 9.88 Å². The first kappa shape index (κ1) is 13.6. The van der Waals surface area contributed by atoms with E-state index >= 15 is 0 Å². The van der Waals surface area contributed by atoms with Gasteiger partial charge in [-0.2, -0.15) is 0 Å². The monoisotopic (exact) mass is 323 g/mol. The summed E-state index contributed by atoms with van der Waals surface area (Å²) >= 11 is 3.36. The van der Waals surface area contributed by atoms with E-state index < -0.39 is 0 Å². The Morgan fingerprint density at radius 2 is 1.79 bits per heavy atom. The van der Waals surface area contributed by atoms with Gasteiger partial charge in [-0.1, -0.05) is 15.9 Å². The summed E-state index contributed by atoms with van der Waals surface area (Å²) in [4.78, 5) is 23.5. The van der Waals surface area contributed by atoms with Gasteiger partial charge in [-0.05, 0) is 24.3 Å². The summed E-state index contributed by atoms with van der Waals surface area (Å²) in [6.07, 6.45) is 1.57. The molecule has 0 aliphatic carbocycles. The van der Waals surface area contributed by atoms with Crippen molar-refractivity contribution in [2.45, 2.75) is 6.54 Å². The second-order valence-electron chi connectivity index (χ2n) is 4.27. The van der Waals surface area contributed by atoms with E-state index in [4.69, 9.17) is 0 Å². The van der Waals surface area contributed by atoms with Crippen LogP contribution in [0.15, 0.2) is 44.5 Å². The molecule has 100 valence electrons. The zero-order valence-electron chi connectivity index (χ0n) is 10.7. The van der Waals surface area contributed by atoms with Crippen molar-refractivity contribution in [3.63, 3.8) is 0 Å². The number of nitrogens with one attached hydrogen (secondary N) is 1. The summed E-state index contributed by atoms with van der Waals surface area (Å²) in [5.41, 5.74) is 0.872. The van der Waals surface area contributed by atoms with Crippen molar-refractivity contribution in [3.05, 3.63) is 61.3 Å². The van der Waals surface area contributed by atoms with Crippen LogP contribution in [0.5, 0.6) is 0 Å². The van der Waals surface area contributed by atoms with Crippen LogP contribution in [0.3, 0.4) is 0 Å². The van der Waals surface area contributed by atoms with Gasteiger partial charge in [0.1, 0.15) is 0 Å². The number of aromatic nitrogens is 2. The Labute approximate surface area is 118 Å². The molecule has 1 N–H and O–H groups in total. The minimum atomic E-state index is -0.322. The highest BCUT2D eigenvalue weighted by Gasteiger charge is 2.06. The van der Waals surface area contributed by atoms with Gasteiger partial charge in [-0.25, -0.2) is 4.79 Å². The molecule has 0 fully saturated rings. The van der Waals surface area contributed by atoms with E-state index in [9.17, 15) is 9.59 Å². The molecule has 2 rings (SSSR count). The highest BCUT2D eigenvalue weighted by Crippen LogP contribution is 2.14. The Balaban J connectivity index is 2.23. The Kier molecular flexibility index (Phi) is 3.90. The fraction of sp³-hybridized carbons (Fsp3) is 0.231. The van der Waals surface area contributed by atoms with Crippen LogP contribution in [0.2, 0.25) is 0 Å². The van der Waals surface area contributed by atoms with E-state index in [1.54, 1.807) is 13.2 Å². The molecule has 0 aliphatic heterocycles. The lowest BCUT2D eigenvalue weighted by molar-refractivity contribution is 0.671. The second kappa shape index (κ2) is 5.44. The molecule has 2 aromatic rings. The van der Waals surface area contributed by atoms with Crippen LogP contribution >= 0.6 is 15.9 Å². The van der Waals surface area contributed by atoms with E-state index in [1.165, 1.54) is 11.6 Å². The van der Waals surface area contributed by atoms with Crippen molar-refractivity contribution in [2.24, 2.45) is 14.1 Å². The topological polar surface area (TPSA) is 56.0 Å². The summed E-state index contributed by atoms with van der Waals surface area (Å²) in [5.74, 6) is 0. The Bertz CT molecular complexity index is 701. The fourth-order valence-corrected chi connectivity index (χ4v) is 2.03. The van der Waals surface area contributed by atoms with Gasteiger partial charge in [0.2, 0.25) is 0 Å². The third-order valence-corrected chi connectivity index (χ3v) is 3.37. The molecule has 1 heterocycles. The number of aryl methyl sites for hydroxylation is 1. The van der Waals surface area contributed by atoms with Gasteiger partial charge in [0.15, 0.2) is 0 Å². The number of hydrogen-bond acceptors (Lipinski definition) is 3. The van der Waals surface area contributed by atoms with E-state index in [0.29, 0.717) is 12.1 Å². The standard InChI is InChI=1S/C13H14BrN3O2/c1-16-8-9(12(18)17(2)13(16)19)7-15-11-5-3-10(14)4-6-11/h3-6,8,15H,7H2,1-2H3. The molecule has 0 saturated heterocycles. The van der Waals surface area contributed by atoms with Crippen molar-refractivity contribution in [1.29, 1.82) is 0 Å². The molecule has 0 amide bonds.